The molecule has 1 N–H and O–H groups in total. The largest absolute Gasteiger partial charge is 0.454 e. The second-order valence-corrected chi connectivity index (χ2v) is 6.67. The molecule has 134 valence electrons. The van der Waals surface area contributed by atoms with Crippen LogP contribution in [0.15, 0.2) is 35.5 Å². The van der Waals surface area contributed by atoms with Crippen molar-refractivity contribution in [2.24, 2.45) is 5.92 Å². The molecule has 0 spiro atoms. The lowest BCUT2D eigenvalue weighted by molar-refractivity contribution is -0.137. The van der Waals surface area contributed by atoms with Crippen LogP contribution in [-0.2, 0) is 14.3 Å². The standard InChI is InChI=1S/C20H30O4/c1-14(8-6-10-16(3)22)7-5-9-15(2)13-19-18(11-12-21)17(4)20(23)24-19/h7,13,18-19,21H,4-6,8-12H2,1-3H3/b14-7+,15-13+/t18-,19+/m1/s1. The van der Waals surface area contributed by atoms with Crippen LogP contribution in [0.2, 0.25) is 0 Å². The molecule has 24 heavy (non-hydrogen) atoms. The van der Waals surface area contributed by atoms with Crippen molar-refractivity contribution in [2.75, 3.05) is 6.61 Å². The summed E-state index contributed by atoms with van der Waals surface area (Å²) in [6.07, 6.45) is 8.73. The number of hydrogen-bond donors (Lipinski definition) is 1. The molecule has 2 atom stereocenters. The molecular weight excluding hydrogens is 304 g/mol. The lowest BCUT2D eigenvalue weighted by Crippen LogP contribution is -2.15. The van der Waals surface area contributed by atoms with Gasteiger partial charge in [-0.1, -0.05) is 23.8 Å². The Labute approximate surface area is 145 Å². The molecule has 0 bridgehead atoms. The Morgan fingerprint density at radius 3 is 2.54 bits per heavy atom. The summed E-state index contributed by atoms with van der Waals surface area (Å²) in [5, 5.41) is 9.13. The van der Waals surface area contributed by atoms with Crippen molar-refractivity contribution in [3.05, 3.63) is 35.5 Å². The van der Waals surface area contributed by atoms with Gasteiger partial charge in [-0.05, 0) is 59.0 Å². The summed E-state index contributed by atoms with van der Waals surface area (Å²) in [4.78, 5) is 22.6. The Morgan fingerprint density at radius 2 is 1.92 bits per heavy atom. The fourth-order valence-corrected chi connectivity index (χ4v) is 2.89. The number of ether oxygens (including phenoxy) is 1. The molecule has 1 fully saturated rings. The lowest BCUT2D eigenvalue weighted by atomic mass is 9.92. The fraction of sp³-hybridized carbons (Fsp3) is 0.600. The number of Topliss-reactive ketones (excluding diaryl/α,β-unsaturated/α-hetero) is 1. The molecule has 0 unspecified atom stereocenters. The van der Waals surface area contributed by atoms with Crippen molar-refractivity contribution >= 4 is 11.8 Å². The highest BCUT2D eigenvalue weighted by Gasteiger charge is 2.36. The normalized spacial score (nSPS) is 22.0. The van der Waals surface area contributed by atoms with Crippen LogP contribution >= 0.6 is 0 Å². The minimum atomic E-state index is -0.358. The summed E-state index contributed by atoms with van der Waals surface area (Å²) in [5.41, 5.74) is 2.93. The molecule has 0 aliphatic carbocycles. The first kappa shape index (κ1) is 20.4. The van der Waals surface area contributed by atoms with Crippen molar-refractivity contribution in [3.8, 4) is 0 Å². The average molecular weight is 334 g/mol. The summed E-state index contributed by atoms with van der Waals surface area (Å²) in [6.45, 7) is 9.55. The van der Waals surface area contributed by atoms with Crippen molar-refractivity contribution in [2.45, 2.75) is 65.4 Å². The van der Waals surface area contributed by atoms with Gasteiger partial charge in [-0.2, -0.15) is 0 Å². The molecule has 4 nitrogen and oxygen atoms in total. The van der Waals surface area contributed by atoms with E-state index in [-0.39, 0.29) is 30.4 Å². The van der Waals surface area contributed by atoms with Gasteiger partial charge in [0, 0.05) is 24.5 Å². The number of carbonyl (C=O) groups excluding carboxylic acids is 2. The molecule has 0 radical (unpaired) electrons. The first-order valence-corrected chi connectivity index (χ1v) is 8.68. The maximum Gasteiger partial charge on any atom is 0.334 e. The minimum absolute atomic E-state index is 0.0198. The number of hydrogen-bond acceptors (Lipinski definition) is 4. The van der Waals surface area contributed by atoms with Gasteiger partial charge in [0.15, 0.2) is 0 Å². The summed E-state index contributed by atoms with van der Waals surface area (Å²) in [5.74, 6) is -0.239. The molecule has 1 heterocycles. The molecule has 1 aliphatic rings. The van der Waals surface area contributed by atoms with Crippen LogP contribution in [0.4, 0.5) is 0 Å². The third kappa shape index (κ3) is 6.83. The number of carbonyl (C=O) groups is 2. The second kappa shape index (κ2) is 10.2. The van der Waals surface area contributed by atoms with E-state index in [1.807, 2.05) is 13.0 Å². The van der Waals surface area contributed by atoms with Crippen molar-refractivity contribution in [3.63, 3.8) is 0 Å². The predicted octanol–water partition coefficient (Wildman–Crippen LogP) is 3.90. The van der Waals surface area contributed by atoms with Crippen LogP contribution in [0.1, 0.15) is 59.3 Å². The van der Waals surface area contributed by atoms with E-state index in [0.717, 1.165) is 25.7 Å². The third-order valence-electron chi connectivity index (χ3n) is 4.37. The van der Waals surface area contributed by atoms with E-state index in [1.165, 1.54) is 11.1 Å². The number of aliphatic hydroxyl groups excluding tert-OH is 1. The molecule has 1 rings (SSSR count). The Bertz CT molecular complexity index is 528. The highest BCUT2D eigenvalue weighted by Crippen LogP contribution is 2.31. The second-order valence-electron chi connectivity index (χ2n) is 6.67. The summed E-state index contributed by atoms with van der Waals surface area (Å²) >= 11 is 0. The van der Waals surface area contributed by atoms with Crippen LogP contribution in [0.3, 0.4) is 0 Å². The van der Waals surface area contributed by atoms with Gasteiger partial charge < -0.3 is 14.6 Å². The Hall–Kier alpha value is -1.68. The van der Waals surface area contributed by atoms with Gasteiger partial charge in [0.25, 0.3) is 0 Å². The Morgan fingerprint density at radius 1 is 1.21 bits per heavy atom. The molecule has 0 aromatic rings. The maximum absolute atomic E-state index is 11.6. The molecule has 0 amide bonds. The summed E-state index contributed by atoms with van der Waals surface area (Å²) < 4.78 is 5.34. The van der Waals surface area contributed by atoms with E-state index in [4.69, 9.17) is 9.84 Å². The SMILES string of the molecule is C=C1C(=O)O[C@@H](/C=C(\C)CC/C=C(\C)CCCC(C)=O)[C@@H]1CCO. The highest BCUT2D eigenvalue weighted by molar-refractivity contribution is 5.91. The number of esters is 1. The number of rotatable bonds is 10. The van der Waals surface area contributed by atoms with Crippen molar-refractivity contribution in [1.29, 1.82) is 0 Å². The van der Waals surface area contributed by atoms with E-state index in [0.29, 0.717) is 18.4 Å². The third-order valence-corrected chi connectivity index (χ3v) is 4.37. The van der Waals surface area contributed by atoms with E-state index in [1.54, 1.807) is 6.92 Å². The van der Waals surface area contributed by atoms with E-state index >= 15 is 0 Å². The van der Waals surface area contributed by atoms with E-state index in [9.17, 15) is 9.59 Å². The summed E-state index contributed by atoms with van der Waals surface area (Å²) in [7, 11) is 0. The molecule has 0 aromatic carbocycles. The van der Waals surface area contributed by atoms with Gasteiger partial charge in [0.2, 0.25) is 0 Å². The van der Waals surface area contributed by atoms with Gasteiger partial charge >= 0.3 is 5.97 Å². The first-order chi connectivity index (χ1) is 11.3. The molecule has 0 aromatic heterocycles. The topological polar surface area (TPSA) is 63.6 Å². The first-order valence-electron chi connectivity index (χ1n) is 8.68. The molecule has 4 heteroatoms. The predicted molar refractivity (Wildman–Crippen MR) is 95.5 cm³/mol. The van der Waals surface area contributed by atoms with Gasteiger partial charge in [-0.3, -0.25) is 0 Å². The number of allylic oxidation sites excluding steroid dienone is 3. The van der Waals surface area contributed by atoms with Gasteiger partial charge in [0.05, 0.1) is 0 Å². The zero-order chi connectivity index (χ0) is 18.1. The van der Waals surface area contributed by atoms with Crippen LogP contribution in [0.25, 0.3) is 0 Å². The van der Waals surface area contributed by atoms with Crippen LogP contribution < -0.4 is 0 Å². The molecule has 1 saturated heterocycles. The van der Waals surface area contributed by atoms with Crippen molar-refractivity contribution < 1.29 is 19.4 Å². The summed E-state index contributed by atoms with van der Waals surface area (Å²) in [6, 6.07) is 0. The minimum Gasteiger partial charge on any atom is -0.454 e. The average Bonchev–Trinajstić information content (AvgIpc) is 2.75. The van der Waals surface area contributed by atoms with Crippen LogP contribution in [0, 0.1) is 5.92 Å². The zero-order valence-corrected chi connectivity index (χ0v) is 15.1. The van der Waals surface area contributed by atoms with Gasteiger partial charge in [0.1, 0.15) is 11.9 Å². The van der Waals surface area contributed by atoms with Gasteiger partial charge in [-0.15, -0.1) is 0 Å². The highest BCUT2D eigenvalue weighted by atomic mass is 16.5. The molecular formula is C20H30O4. The number of cyclic esters (lactones) is 1. The number of aliphatic hydroxyl groups is 1. The van der Waals surface area contributed by atoms with E-state index < -0.39 is 0 Å². The quantitative estimate of drug-likeness (QED) is 0.374. The number of ketones is 1. The Balaban J connectivity index is 2.47. The molecule has 1 aliphatic heterocycles. The molecule has 0 saturated carbocycles. The van der Waals surface area contributed by atoms with Crippen LogP contribution in [-0.4, -0.2) is 29.6 Å². The van der Waals surface area contributed by atoms with E-state index in [2.05, 4.69) is 19.6 Å². The Kier molecular flexibility index (Phi) is 8.69. The monoisotopic (exact) mass is 334 g/mol. The lowest BCUT2D eigenvalue weighted by Gasteiger charge is -2.14. The fourth-order valence-electron chi connectivity index (χ4n) is 2.89. The smallest absolute Gasteiger partial charge is 0.334 e. The van der Waals surface area contributed by atoms with Crippen LogP contribution in [0.5, 0.6) is 0 Å². The van der Waals surface area contributed by atoms with Crippen molar-refractivity contribution in [1.82, 2.24) is 0 Å². The zero-order valence-electron chi connectivity index (χ0n) is 15.1. The van der Waals surface area contributed by atoms with Gasteiger partial charge in [-0.25, -0.2) is 4.79 Å². The maximum atomic E-state index is 11.6.